The van der Waals surface area contributed by atoms with Gasteiger partial charge in [0.05, 0.1) is 11.6 Å². The number of aromatic nitrogens is 2. The highest BCUT2D eigenvalue weighted by Gasteiger charge is 2.31. The summed E-state index contributed by atoms with van der Waals surface area (Å²) < 4.78 is 14.6. The molecule has 1 aromatic heterocycles. The molecule has 0 radical (unpaired) electrons. The predicted molar refractivity (Wildman–Crippen MR) is 98.3 cm³/mol. The van der Waals surface area contributed by atoms with Gasteiger partial charge in [-0.15, -0.1) is 0 Å². The van der Waals surface area contributed by atoms with Crippen LogP contribution < -0.4 is 5.32 Å². The van der Waals surface area contributed by atoms with E-state index in [9.17, 15) is 19.1 Å². The van der Waals surface area contributed by atoms with Gasteiger partial charge in [-0.3, -0.25) is 9.59 Å². The number of carbonyl (C=O) groups is 2. The minimum absolute atomic E-state index is 0.255. The molecule has 1 aliphatic carbocycles. The average molecular weight is 373 g/mol. The van der Waals surface area contributed by atoms with E-state index in [2.05, 4.69) is 10.4 Å². The van der Waals surface area contributed by atoms with E-state index in [1.165, 1.54) is 16.8 Å². The molecule has 2 unspecified atom stereocenters. The highest BCUT2D eigenvalue weighted by atomic mass is 19.1. The Morgan fingerprint density at radius 2 is 1.81 bits per heavy atom. The third kappa shape index (κ3) is 4.53. The molecule has 2 atom stereocenters. The number of nitrogens with one attached hydrogen (secondary N) is 1. The predicted octanol–water partition coefficient (Wildman–Crippen LogP) is 3.47. The van der Waals surface area contributed by atoms with Crippen LogP contribution >= 0.6 is 0 Å². The van der Waals surface area contributed by atoms with Crippen molar-refractivity contribution in [3.63, 3.8) is 0 Å². The van der Waals surface area contributed by atoms with E-state index in [0.29, 0.717) is 24.1 Å². The summed E-state index contributed by atoms with van der Waals surface area (Å²) in [5, 5.41) is 16.8. The van der Waals surface area contributed by atoms with Gasteiger partial charge in [0.2, 0.25) is 0 Å². The van der Waals surface area contributed by atoms with Crippen molar-refractivity contribution in [2.24, 2.45) is 5.92 Å². The van der Waals surface area contributed by atoms with Crippen molar-refractivity contribution in [2.75, 3.05) is 0 Å². The van der Waals surface area contributed by atoms with Gasteiger partial charge in [0, 0.05) is 17.8 Å². The summed E-state index contributed by atoms with van der Waals surface area (Å²) in [7, 11) is 0. The summed E-state index contributed by atoms with van der Waals surface area (Å²) in [6.45, 7) is 1.77. The number of carbonyl (C=O) groups excluding carboxylic acids is 1. The Morgan fingerprint density at radius 1 is 1.15 bits per heavy atom. The number of rotatable bonds is 4. The molecular formula is C20H24FN3O3. The number of nitrogens with zero attached hydrogens (tertiary/aromatic N) is 2. The fourth-order valence-corrected chi connectivity index (χ4v) is 3.60. The Bertz CT molecular complexity index is 816. The fourth-order valence-electron chi connectivity index (χ4n) is 3.60. The molecule has 1 aromatic carbocycles. The van der Waals surface area contributed by atoms with Gasteiger partial charge in [0.15, 0.2) is 5.69 Å². The number of benzene rings is 1. The molecule has 0 spiro atoms. The Kier molecular flexibility index (Phi) is 5.88. The van der Waals surface area contributed by atoms with Crippen LogP contribution in [0.25, 0.3) is 5.69 Å². The Labute approximate surface area is 157 Å². The van der Waals surface area contributed by atoms with Crippen molar-refractivity contribution in [3.8, 4) is 5.69 Å². The van der Waals surface area contributed by atoms with Crippen molar-refractivity contribution in [3.05, 3.63) is 47.5 Å². The van der Waals surface area contributed by atoms with Gasteiger partial charge < -0.3 is 10.4 Å². The van der Waals surface area contributed by atoms with E-state index >= 15 is 0 Å². The molecular weight excluding hydrogens is 349 g/mol. The Hall–Kier alpha value is -2.70. The van der Waals surface area contributed by atoms with Crippen molar-refractivity contribution >= 4 is 11.9 Å². The first-order chi connectivity index (χ1) is 13.0. The van der Waals surface area contributed by atoms with Crippen molar-refractivity contribution in [2.45, 2.75) is 51.5 Å². The van der Waals surface area contributed by atoms with Gasteiger partial charge >= 0.3 is 5.97 Å². The molecule has 144 valence electrons. The zero-order valence-electron chi connectivity index (χ0n) is 15.3. The maximum atomic E-state index is 13.1. The molecule has 1 fully saturated rings. The third-order valence-corrected chi connectivity index (χ3v) is 5.10. The zero-order valence-corrected chi connectivity index (χ0v) is 15.3. The molecule has 6 nitrogen and oxygen atoms in total. The first-order valence-corrected chi connectivity index (χ1v) is 9.31. The summed E-state index contributed by atoms with van der Waals surface area (Å²) in [5.41, 5.74) is 1.58. The van der Waals surface area contributed by atoms with Crippen molar-refractivity contribution in [1.29, 1.82) is 0 Å². The third-order valence-electron chi connectivity index (χ3n) is 5.10. The standard InChI is InChI=1S/C20H24FN3O3/c1-13-12-24(15-10-8-14(21)9-11-15)23-18(13)19(25)22-17-7-5-3-2-4-6-16(17)20(26)27/h8-12,16-17H,2-7H2,1H3,(H,22,25)(H,26,27). The second-order valence-electron chi connectivity index (χ2n) is 7.10. The molecule has 27 heavy (non-hydrogen) atoms. The van der Waals surface area contributed by atoms with Crippen LogP contribution in [0.1, 0.15) is 54.6 Å². The zero-order chi connectivity index (χ0) is 19.4. The van der Waals surface area contributed by atoms with Crippen LogP contribution in [0, 0.1) is 18.7 Å². The molecule has 2 aromatic rings. The monoisotopic (exact) mass is 373 g/mol. The van der Waals surface area contributed by atoms with Crippen LogP contribution in [-0.2, 0) is 4.79 Å². The van der Waals surface area contributed by atoms with Crippen LogP contribution in [-0.4, -0.2) is 32.8 Å². The van der Waals surface area contributed by atoms with E-state index in [4.69, 9.17) is 0 Å². The fraction of sp³-hybridized carbons (Fsp3) is 0.450. The van der Waals surface area contributed by atoms with Crippen LogP contribution in [0.15, 0.2) is 30.5 Å². The molecule has 3 rings (SSSR count). The van der Waals surface area contributed by atoms with E-state index in [1.54, 1.807) is 25.3 Å². The lowest BCUT2D eigenvalue weighted by Gasteiger charge is -2.27. The average Bonchev–Trinajstić information content (AvgIpc) is 2.99. The molecule has 1 amide bonds. The number of carboxylic acid groups (broad SMARTS) is 1. The maximum absolute atomic E-state index is 13.1. The van der Waals surface area contributed by atoms with Crippen LogP contribution in [0.3, 0.4) is 0 Å². The number of aliphatic carboxylic acids is 1. The molecule has 1 aliphatic rings. The SMILES string of the molecule is Cc1cn(-c2ccc(F)cc2)nc1C(=O)NC1CCCCCCC1C(=O)O. The van der Waals surface area contributed by atoms with Crippen molar-refractivity contribution < 1.29 is 19.1 Å². The lowest BCUT2D eigenvalue weighted by atomic mass is 9.86. The number of halogens is 1. The highest BCUT2D eigenvalue weighted by Crippen LogP contribution is 2.24. The molecule has 1 saturated carbocycles. The lowest BCUT2D eigenvalue weighted by molar-refractivity contribution is -0.143. The molecule has 0 saturated heterocycles. The van der Waals surface area contributed by atoms with E-state index in [-0.39, 0.29) is 17.4 Å². The van der Waals surface area contributed by atoms with Crippen LogP contribution in [0.4, 0.5) is 4.39 Å². The molecule has 1 heterocycles. The summed E-state index contributed by atoms with van der Waals surface area (Å²) in [6, 6.07) is 5.43. The Balaban J connectivity index is 1.78. The quantitative estimate of drug-likeness (QED) is 0.859. The minimum Gasteiger partial charge on any atom is -0.481 e. The van der Waals surface area contributed by atoms with E-state index in [1.807, 2.05) is 0 Å². The first kappa shape index (κ1) is 19.1. The van der Waals surface area contributed by atoms with E-state index in [0.717, 1.165) is 25.7 Å². The number of aryl methyl sites for hydroxylation is 1. The summed E-state index contributed by atoms with van der Waals surface area (Å²) >= 11 is 0. The van der Waals surface area contributed by atoms with Crippen molar-refractivity contribution in [1.82, 2.24) is 15.1 Å². The topological polar surface area (TPSA) is 84.2 Å². The van der Waals surface area contributed by atoms with E-state index < -0.39 is 17.9 Å². The highest BCUT2D eigenvalue weighted by molar-refractivity contribution is 5.94. The largest absolute Gasteiger partial charge is 0.481 e. The lowest BCUT2D eigenvalue weighted by Crippen LogP contribution is -2.44. The molecule has 7 heteroatoms. The van der Waals surface area contributed by atoms with Crippen LogP contribution in [0.2, 0.25) is 0 Å². The first-order valence-electron chi connectivity index (χ1n) is 9.31. The maximum Gasteiger partial charge on any atom is 0.308 e. The second kappa shape index (κ2) is 8.33. The van der Waals surface area contributed by atoms with Gasteiger partial charge in [0.1, 0.15) is 5.82 Å². The summed E-state index contributed by atoms with van der Waals surface area (Å²) in [4.78, 5) is 24.4. The smallest absolute Gasteiger partial charge is 0.308 e. The molecule has 2 N–H and O–H groups in total. The number of amides is 1. The molecule has 0 aliphatic heterocycles. The number of carboxylic acids is 1. The van der Waals surface area contributed by atoms with Crippen LogP contribution in [0.5, 0.6) is 0 Å². The molecule has 0 bridgehead atoms. The van der Waals surface area contributed by atoms with Gasteiger partial charge in [-0.25, -0.2) is 9.07 Å². The summed E-state index contributed by atoms with van der Waals surface area (Å²) in [5.74, 6) is -2.15. The second-order valence-corrected chi connectivity index (χ2v) is 7.10. The summed E-state index contributed by atoms with van der Waals surface area (Å²) in [6.07, 6.45) is 6.78. The van der Waals surface area contributed by atoms with Gasteiger partial charge in [-0.05, 0) is 44.0 Å². The Morgan fingerprint density at radius 3 is 2.48 bits per heavy atom. The van der Waals surface area contributed by atoms with Gasteiger partial charge in [0.25, 0.3) is 5.91 Å². The normalized spacial score (nSPS) is 20.5. The number of hydrogen-bond donors (Lipinski definition) is 2. The van der Waals surface area contributed by atoms with Gasteiger partial charge in [-0.1, -0.05) is 25.7 Å². The van der Waals surface area contributed by atoms with Gasteiger partial charge in [-0.2, -0.15) is 5.10 Å². The minimum atomic E-state index is -0.865. The number of hydrogen-bond acceptors (Lipinski definition) is 3.